The Kier molecular flexibility index (Phi) is 7.25. The van der Waals surface area contributed by atoms with E-state index < -0.39 is 0 Å². The molecule has 0 spiro atoms. The molecule has 0 saturated heterocycles. The number of aromatic nitrogens is 1. The fourth-order valence-corrected chi connectivity index (χ4v) is 0.881. The molecule has 0 aliphatic rings. The van der Waals surface area contributed by atoms with E-state index in [4.69, 9.17) is 5.73 Å². The maximum absolute atomic E-state index is 5.61. The Labute approximate surface area is 103 Å². The summed E-state index contributed by atoms with van der Waals surface area (Å²) in [6.07, 6.45) is 3.64. The zero-order valence-electron chi connectivity index (χ0n) is 7.80. The normalized spacial score (nSPS) is 10.2. The fraction of sp³-hybridized carbons (Fsp3) is 0.444. The summed E-state index contributed by atoms with van der Waals surface area (Å²) in [7, 11) is 0. The van der Waals surface area contributed by atoms with Gasteiger partial charge in [0.1, 0.15) is 0 Å². The molecule has 1 rings (SSSR count). The van der Waals surface area contributed by atoms with Crippen LogP contribution in [0.25, 0.3) is 0 Å². The van der Waals surface area contributed by atoms with E-state index in [1.165, 1.54) is 5.56 Å². The molecule has 0 aromatic carbocycles. The first-order valence-corrected chi connectivity index (χ1v) is 10.2. The van der Waals surface area contributed by atoms with Crippen molar-refractivity contribution >= 4 is 37.2 Å². The molecule has 0 fully saturated rings. The summed E-state index contributed by atoms with van der Waals surface area (Å²) in [5.74, 6) is 0. The quantitative estimate of drug-likeness (QED) is 0.770. The van der Waals surface area contributed by atoms with Crippen LogP contribution in [0.2, 0.25) is 0 Å². The second-order valence-electron chi connectivity index (χ2n) is 3.33. The molecule has 0 saturated carbocycles. The van der Waals surface area contributed by atoms with E-state index in [0.717, 1.165) is 0 Å². The van der Waals surface area contributed by atoms with Crippen LogP contribution in [0.1, 0.15) is 19.4 Å². The van der Waals surface area contributed by atoms with Crippen LogP contribution in [-0.2, 0) is 5.41 Å². The Morgan fingerprint density at radius 1 is 1.46 bits per heavy atom. The minimum absolute atomic E-state index is 0.0499. The third-order valence-electron chi connectivity index (χ3n) is 1.95. The van der Waals surface area contributed by atoms with Crippen molar-refractivity contribution in [3.8, 4) is 0 Å². The van der Waals surface area contributed by atoms with E-state index >= 15 is 0 Å². The molecule has 0 aliphatic carbocycles. The molecule has 74 valence electrons. The van der Waals surface area contributed by atoms with Crippen LogP contribution in [0.5, 0.6) is 0 Å². The Bertz CT molecular complexity index is 224. The molecule has 0 bridgehead atoms. The van der Waals surface area contributed by atoms with Gasteiger partial charge in [-0.1, -0.05) is 19.9 Å². The van der Waals surface area contributed by atoms with Crippen molar-refractivity contribution in [3.05, 3.63) is 30.1 Å². The van der Waals surface area contributed by atoms with Crippen LogP contribution in [-0.4, -0.2) is 11.5 Å². The van der Waals surface area contributed by atoms with Crippen molar-refractivity contribution in [2.45, 2.75) is 19.3 Å². The van der Waals surface area contributed by atoms with E-state index in [-0.39, 0.29) is 5.41 Å². The highest BCUT2D eigenvalue weighted by Gasteiger charge is 2.17. The van der Waals surface area contributed by atoms with E-state index in [1.54, 1.807) is 6.20 Å². The number of pyridine rings is 1. The SMILES string of the molecule is CC(C)(CN)c1cccnc1.II. The van der Waals surface area contributed by atoms with Gasteiger partial charge in [0.25, 0.3) is 0 Å². The third-order valence-corrected chi connectivity index (χ3v) is 1.95. The average molecular weight is 404 g/mol. The van der Waals surface area contributed by atoms with Crippen molar-refractivity contribution in [1.82, 2.24) is 4.98 Å². The van der Waals surface area contributed by atoms with Crippen LogP contribution in [0, 0.1) is 0 Å². The summed E-state index contributed by atoms with van der Waals surface area (Å²) in [5.41, 5.74) is 6.86. The van der Waals surface area contributed by atoms with Gasteiger partial charge >= 0.3 is 0 Å². The van der Waals surface area contributed by atoms with Crippen molar-refractivity contribution in [2.24, 2.45) is 5.73 Å². The second-order valence-corrected chi connectivity index (χ2v) is 3.33. The molecule has 2 N–H and O–H groups in total. The number of hydrogen-bond acceptors (Lipinski definition) is 2. The number of halogens is 2. The van der Waals surface area contributed by atoms with Gasteiger partial charge in [0.15, 0.2) is 0 Å². The summed E-state index contributed by atoms with van der Waals surface area (Å²) in [6.45, 7) is 4.88. The minimum atomic E-state index is 0.0499. The van der Waals surface area contributed by atoms with Gasteiger partial charge in [0, 0.05) is 61.6 Å². The van der Waals surface area contributed by atoms with Crippen LogP contribution < -0.4 is 5.73 Å². The van der Waals surface area contributed by atoms with E-state index in [2.05, 4.69) is 62.1 Å². The van der Waals surface area contributed by atoms with Crippen molar-refractivity contribution in [3.63, 3.8) is 0 Å². The first kappa shape index (κ1) is 13.6. The molecule has 1 heterocycles. The molecule has 13 heavy (non-hydrogen) atoms. The highest BCUT2D eigenvalue weighted by Crippen LogP contribution is 2.19. The zero-order chi connectivity index (χ0) is 10.3. The highest BCUT2D eigenvalue weighted by molar-refractivity contribution is 15.0. The van der Waals surface area contributed by atoms with Gasteiger partial charge in [-0.3, -0.25) is 4.98 Å². The topological polar surface area (TPSA) is 38.9 Å². The first-order chi connectivity index (χ1) is 6.17. The standard InChI is InChI=1S/C9H14N2.I2/c1-9(2,7-10)8-4-3-5-11-6-8;1-2/h3-6H,7,10H2,1-2H3;. The van der Waals surface area contributed by atoms with Gasteiger partial charge in [-0.25, -0.2) is 0 Å². The number of rotatable bonds is 2. The van der Waals surface area contributed by atoms with E-state index in [0.29, 0.717) is 6.54 Å². The largest absolute Gasteiger partial charge is 0.330 e. The first-order valence-electron chi connectivity index (χ1n) is 3.92. The maximum atomic E-state index is 5.61. The van der Waals surface area contributed by atoms with Gasteiger partial charge in [-0.2, -0.15) is 0 Å². The lowest BCUT2D eigenvalue weighted by atomic mass is 9.86. The molecule has 1 aromatic heterocycles. The predicted octanol–water partition coefficient (Wildman–Crippen LogP) is 3.09. The molecule has 0 unspecified atom stereocenters. The van der Waals surface area contributed by atoms with E-state index in [9.17, 15) is 0 Å². The second kappa shape index (κ2) is 6.94. The lowest BCUT2D eigenvalue weighted by Crippen LogP contribution is -2.28. The predicted molar refractivity (Wildman–Crippen MR) is 74.4 cm³/mol. The third kappa shape index (κ3) is 4.55. The van der Waals surface area contributed by atoms with Crippen molar-refractivity contribution in [1.29, 1.82) is 0 Å². The molecule has 4 heteroatoms. The molecular weight excluding hydrogens is 390 g/mol. The van der Waals surface area contributed by atoms with Gasteiger partial charge in [0.05, 0.1) is 0 Å². The fourth-order valence-electron chi connectivity index (χ4n) is 0.881. The summed E-state index contributed by atoms with van der Waals surface area (Å²) in [4.78, 5) is 4.04. The summed E-state index contributed by atoms with van der Waals surface area (Å²) in [5, 5.41) is 0. The number of nitrogens with zero attached hydrogens (tertiary/aromatic N) is 1. The van der Waals surface area contributed by atoms with Crippen molar-refractivity contribution in [2.75, 3.05) is 6.54 Å². The summed E-state index contributed by atoms with van der Waals surface area (Å²) in [6, 6.07) is 3.99. The van der Waals surface area contributed by atoms with Crippen LogP contribution in [0.15, 0.2) is 24.5 Å². The lowest BCUT2D eigenvalue weighted by molar-refractivity contribution is 0.537. The Balaban J connectivity index is 0.000000671. The molecule has 0 aliphatic heterocycles. The average Bonchev–Trinajstić information content (AvgIpc) is 2.22. The van der Waals surface area contributed by atoms with Crippen LogP contribution in [0.3, 0.4) is 0 Å². The molecule has 0 amide bonds. The molecule has 1 aromatic rings. The molecule has 2 nitrogen and oxygen atoms in total. The minimum Gasteiger partial charge on any atom is -0.330 e. The van der Waals surface area contributed by atoms with Gasteiger partial charge < -0.3 is 5.73 Å². The number of hydrogen-bond donors (Lipinski definition) is 1. The lowest BCUT2D eigenvalue weighted by Gasteiger charge is -2.21. The Hall–Kier alpha value is 0.570. The van der Waals surface area contributed by atoms with Crippen molar-refractivity contribution < 1.29 is 0 Å². The monoisotopic (exact) mass is 404 g/mol. The smallest absolute Gasteiger partial charge is 0.0305 e. The maximum Gasteiger partial charge on any atom is 0.0305 e. The highest BCUT2D eigenvalue weighted by atomic mass is 128. The zero-order valence-corrected chi connectivity index (χ0v) is 12.1. The van der Waals surface area contributed by atoms with Gasteiger partial charge in [-0.15, -0.1) is 0 Å². The molecular formula is C9H14I2N2. The van der Waals surface area contributed by atoms with Crippen LogP contribution in [0.4, 0.5) is 0 Å². The van der Waals surface area contributed by atoms with Gasteiger partial charge in [0.2, 0.25) is 0 Å². The van der Waals surface area contributed by atoms with Gasteiger partial charge in [-0.05, 0) is 11.6 Å². The number of nitrogens with two attached hydrogens (primary N) is 1. The summed E-state index contributed by atoms with van der Waals surface area (Å²) >= 11 is 4.24. The van der Waals surface area contributed by atoms with E-state index in [1.807, 2.05) is 12.3 Å². The molecule has 0 atom stereocenters. The Morgan fingerprint density at radius 3 is 2.46 bits per heavy atom. The Morgan fingerprint density at radius 2 is 2.08 bits per heavy atom. The van der Waals surface area contributed by atoms with Crippen LogP contribution >= 0.6 is 37.2 Å². The summed E-state index contributed by atoms with van der Waals surface area (Å²) < 4.78 is 0. The molecule has 0 radical (unpaired) electrons.